The molecule has 1 aliphatic heterocycles. The minimum Gasteiger partial charge on any atom is -0.378 e. The normalized spacial score (nSPS) is 15.0. The number of nitrogens with zero attached hydrogens (tertiary/aromatic N) is 3. The van der Waals surface area contributed by atoms with Crippen molar-refractivity contribution in [1.82, 2.24) is 9.97 Å². The van der Waals surface area contributed by atoms with Crippen molar-refractivity contribution in [3.05, 3.63) is 41.7 Å². The van der Waals surface area contributed by atoms with Crippen molar-refractivity contribution in [3.8, 4) is 0 Å². The first-order chi connectivity index (χ1) is 10.2. The van der Waals surface area contributed by atoms with E-state index < -0.39 is 0 Å². The molecule has 5 heteroatoms. The van der Waals surface area contributed by atoms with Crippen LogP contribution in [0.25, 0.3) is 0 Å². The van der Waals surface area contributed by atoms with Gasteiger partial charge in [0.25, 0.3) is 0 Å². The molecular weight excluding hydrogens is 264 g/mol. The molecule has 3 rings (SSSR count). The molecule has 0 atom stereocenters. The third-order valence-corrected chi connectivity index (χ3v) is 3.77. The van der Waals surface area contributed by atoms with Crippen LogP contribution in [0.5, 0.6) is 0 Å². The molecule has 0 radical (unpaired) electrons. The van der Waals surface area contributed by atoms with Gasteiger partial charge in [-0.1, -0.05) is 6.07 Å². The van der Waals surface area contributed by atoms with Crippen molar-refractivity contribution in [2.24, 2.45) is 0 Å². The number of morpholine rings is 1. The Morgan fingerprint density at radius 1 is 1.05 bits per heavy atom. The number of aryl methyl sites for hydroxylation is 2. The second-order valence-electron chi connectivity index (χ2n) is 5.28. The maximum absolute atomic E-state index is 5.37. The molecule has 1 saturated heterocycles. The predicted molar refractivity (Wildman–Crippen MR) is 84.3 cm³/mol. The molecule has 2 heterocycles. The molecule has 1 fully saturated rings. The van der Waals surface area contributed by atoms with Crippen LogP contribution < -0.4 is 10.2 Å². The summed E-state index contributed by atoms with van der Waals surface area (Å²) in [5, 5.41) is 3.34. The van der Waals surface area contributed by atoms with Crippen LogP contribution in [0.15, 0.2) is 30.6 Å². The number of ether oxygens (including phenoxy) is 1. The highest BCUT2D eigenvalue weighted by Gasteiger charge is 2.13. The molecule has 1 N–H and O–H groups in total. The molecule has 110 valence electrons. The van der Waals surface area contributed by atoms with E-state index in [2.05, 4.69) is 52.2 Å². The van der Waals surface area contributed by atoms with Gasteiger partial charge in [0, 0.05) is 24.8 Å². The smallest absolute Gasteiger partial charge is 0.135 e. The highest BCUT2D eigenvalue weighted by Crippen LogP contribution is 2.21. The fraction of sp³-hybridized carbons (Fsp3) is 0.375. The maximum Gasteiger partial charge on any atom is 0.135 e. The lowest BCUT2D eigenvalue weighted by atomic mass is 10.1. The Hall–Kier alpha value is -2.14. The highest BCUT2D eigenvalue weighted by atomic mass is 16.5. The SMILES string of the molecule is Cc1ccc(Nc2cc(N3CCOCC3)ncn2)cc1C. The van der Waals surface area contributed by atoms with Gasteiger partial charge in [-0.25, -0.2) is 9.97 Å². The van der Waals surface area contributed by atoms with Crippen LogP contribution in [-0.2, 0) is 4.74 Å². The van der Waals surface area contributed by atoms with E-state index in [-0.39, 0.29) is 0 Å². The molecule has 0 unspecified atom stereocenters. The summed E-state index contributed by atoms with van der Waals surface area (Å²) < 4.78 is 5.37. The van der Waals surface area contributed by atoms with Gasteiger partial charge < -0.3 is 15.0 Å². The van der Waals surface area contributed by atoms with Gasteiger partial charge in [-0.05, 0) is 37.1 Å². The zero-order chi connectivity index (χ0) is 14.7. The lowest BCUT2D eigenvalue weighted by Crippen LogP contribution is -2.36. The summed E-state index contributed by atoms with van der Waals surface area (Å²) in [5.41, 5.74) is 3.60. The van der Waals surface area contributed by atoms with Crippen LogP contribution >= 0.6 is 0 Å². The Labute approximate surface area is 125 Å². The molecule has 0 bridgehead atoms. The standard InChI is InChI=1S/C16H20N4O/c1-12-3-4-14(9-13(12)2)19-15-10-16(18-11-17-15)20-5-7-21-8-6-20/h3-4,9-11H,5-8H2,1-2H3,(H,17,18,19). The molecule has 5 nitrogen and oxygen atoms in total. The fourth-order valence-corrected chi connectivity index (χ4v) is 2.35. The zero-order valence-electron chi connectivity index (χ0n) is 12.5. The average Bonchev–Trinajstić information content (AvgIpc) is 2.52. The first-order valence-electron chi connectivity index (χ1n) is 7.21. The first-order valence-corrected chi connectivity index (χ1v) is 7.21. The second-order valence-corrected chi connectivity index (χ2v) is 5.28. The molecule has 0 saturated carbocycles. The summed E-state index contributed by atoms with van der Waals surface area (Å²) in [6.45, 7) is 7.48. The molecule has 0 amide bonds. The van der Waals surface area contributed by atoms with Gasteiger partial charge in [0.15, 0.2) is 0 Å². The van der Waals surface area contributed by atoms with Crippen molar-refractivity contribution < 1.29 is 4.74 Å². The average molecular weight is 284 g/mol. The Balaban J connectivity index is 1.77. The molecule has 1 aromatic carbocycles. The summed E-state index contributed by atoms with van der Waals surface area (Å²) in [4.78, 5) is 10.9. The zero-order valence-corrected chi connectivity index (χ0v) is 12.5. The summed E-state index contributed by atoms with van der Waals surface area (Å²) >= 11 is 0. The quantitative estimate of drug-likeness (QED) is 0.939. The van der Waals surface area contributed by atoms with Gasteiger partial charge >= 0.3 is 0 Å². The monoisotopic (exact) mass is 284 g/mol. The van der Waals surface area contributed by atoms with Gasteiger partial charge in [0.05, 0.1) is 13.2 Å². The lowest BCUT2D eigenvalue weighted by Gasteiger charge is -2.27. The molecule has 2 aromatic rings. The Morgan fingerprint density at radius 2 is 1.86 bits per heavy atom. The van der Waals surface area contributed by atoms with Gasteiger partial charge in [-0.3, -0.25) is 0 Å². The second kappa shape index (κ2) is 6.10. The number of hydrogen-bond donors (Lipinski definition) is 1. The van der Waals surface area contributed by atoms with E-state index in [1.807, 2.05) is 6.07 Å². The number of anilines is 3. The molecular formula is C16H20N4O. The molecule has 21 heavy (non-hydrogen) atoms. The molecule has 1 aliphatic rings. The summed E-state index contributed by atoms with van der Waals surface area (Å²) in [5.74, 6) is 1.76. The first kappa shape index (κ1) is 13.8. The predicted octanol–water partition coefficient (Wildman–Crippen LogP) is 2.67. The third-order valence-electron chi connectivity index (χ3n) is 3.77. The van der Waals surface area contributed by atoms with E-state index >= 15 is 0 Å². The Morgan fingerprint density at radius 3 is 2.62 bits per heavy atom. The number of aromatic nitrogens is 2. The van der Waals surface area contributed by atoms with Crippen LogP contribution in [0.2, 0.25) is 0 Å². The van der Waals surface area contributed by atoms with Crippen molar-refractivity contribution in [2.45, 2.75) is 13.8 Å². The van der Waals surface area contributed by atoms with E-state index in [0.717, 1.165) is 43.6 Å². The van der Waals surface area contributed by atoms with Crippen LogP contribution in [0.3, 0.4) is 0 Å². The summed E-state index contributed by atoms with van der Waals surface area (Å²) in [7, 11) is 0. The van der Waals surface area contributed by atoms with Gasteiger partial charge in [0.1, 0.15) is 18.0 Å². The van der Waals surface area contributed by atoms with E-state index in [1.165, 1.54) is 11.1 Å². The number of hydrogen-bond acceptors (Lipinski definition) is 5. The maximum atomic E-state index is 5.37. The van der Waals surface area contributed by atoms with Gasteiger partial charge in [-0.2, -0.15) is 0 Å². The van der Waals surface area contributed by atoms with E-state index in [4.69, 9.17) is 4.74 Å². The van der Waals surface area contributed by atoms with Crippen molar-refractivity contribution in [3.63, 3.8) is 0 Å². The lowest BCUT2D eigenvalue weighted by molar-refractivity contribution is 0.122. The minimum absolute atomic E-state index is 0.754. The number of benzene rings is 1. The van der Waals surface area contributed by atoms with Crippen molar-refractivity contribution in [2.75, 3.05) is 36.5 Å². The van der Waals surface area contributed by atoms with Gasteiger partial charge in [-0.15, -0.1) is 0 Å². The van der Waals surface area contributed by atoms with Crippen molar-refractivity contribution >= 4 is 17.3 Å². The molecule has 0 spiro atoms. The van der Waals surface area contributed by atoms with Crippen LogP contribution in [-0.4, -0.2) is 36.3 Å². The minimum atomic E-state index is 0.754. The highest BCUT2D eigenvalue weighted by molar-refractivity contribution is 5.60. The Kier molecular flexibility index (Phi) is 4.01. The van der Waals surface area contributed by atoms with Crippen LogP contribution in [0, 0.1) is 13.8 Å². The molecule has 0 aliphatic carbocycles. The van der Waals surface area contributed by atoms with E-state index in [0.29, 0.717) is 0 Å². The largest absolute Gasteiger partial charge is 0.378 e. The van der Waals surface area contributed by atoms with Crippen LogP contribution in [0.4, 0.5) is 17.3 Å². The molecule has 1 aromatic heterocycles. The van der Waals surface area contributed by atoms with Gasteiger partial charge in [0.2, 0.25) is 0 Å². The summed E-state index contributed by atoms with van der Waals surface area (Å²) in [6.07, 6.45) is 1.61. The number of rotatable bonds is 3. The fourth-order valence-electron chi connectivity index (χ4n) is 2.35. The topological polar surface area (TPSA) is 50.3 Å². The Bertz CT molecular complexity index is 623. The van der Waals surface area contributed by atoms with Crippen LogP contribution in [0.1, 0.15) is 11.1 Å². The number of nitrogens with one attached hydrogen (secondary N) is 1. The summed E-state index contributed by atoms with van der Waals surface area (Å²) in [6, 6.07) is 8.30. The van der Waals surface area contributed by atoms with E-state index in [9.17, 15) is 0 Å². The third kappa shape index (κ3) is 3.31. The van der Waals surface area contributed by atoms with E-state index in [1.54, 1.807) is 6.33 Å². The van der Waals surface area contributed by atoms with Crippen molar-refractivity contribution in [1.29, 1.82) is 0 Å².